The first-order valence-electron chi connectivity index (χ1n) is 2.83. The zero-order valence-electron chi connectivity index (χ0n) is 5.81. The van der Waals surface area contributed by atoms with Gasteiger partial charge in [0.2, 0.25) is 0 Å². The van der Waals surface area contributed by atoms with Crippen molar-refractivity contribution in [2.75, 3.05) is 6.61 Å². The van der Waals surface area contributed by atoms with E-state index in [1.807, 2.05) is 0 Å². The highest BCUT2D eigenvalue weighted by Gasteiger charge is 2.40. The second kappa shape index (κ2) is 4.00. The lowest BCUT2D eigenvalue weighted by atomic mass is 10.5. The molecule has 0 bridgehead atoms. The fourth-order valence-electron chi connectivity index (χ4n) is 0.302. The van der Waals surface area contributed by atoms with Gasteiger partial charge in [0, 0.05) is 0 Å². The van der Waals surface area contributed by atoms with Crippen LogP contribution in [-0.4, -0.2) is 18.8 Å². The van der Waals surface area contributed by atoms with Crippen molar-refractivity contribution in [3.8, 4) is 0 Å². The van der Waals surface area contributed by atoms with E-state index in [4.69, 9.17) is 0 Å². The van der Waals surface area contributed by atoms with Crippen molar-refractivity contribution < 1.29 is 22.7 Å². The molecule has 0 atom stereocenters. The molecule has 0 aromatic carbocycles. The van der Waals surface area contributed by atoms with Gasteiger partial charge in [-0.25, -0.2) is 4.79 Å². The van der Waals surface area contributed by atoms with Crippen molar-refractivity contribution in [2.45, 2.75) is 13.1 Å². The fraction of sp³-hybridized carbons (Fsp3) is 0.500. The molecule has 0 rings (SSSR count). The Kier molecular flexibility index (Phi) is 3.64. The molecule has 64 valence electrons. The Morgan fingerprint density at radius 2 is 2.09 bits per heavy atom. The molecule has 0 heterocycles. The van der Waals surface area contributed by atoms with Gasteiger partial charge in [0.05, 0.1) is 0 Å². The highest BCUT2D eigenvalue weighted by molar-refractivity contribution is 5.75. The van der Waals surface area contributed by atoms with Crippen LogP contribution >= 0.6 is 0 Å². The van der Waals surface area contributed by atoms with Gasteiger partial charge in [0.15, 0.2) is 0 Å². The number of ether oxygens (including phenoxy) is 1. The van der Waals surface area contributed by atoms with E-state index in [-0.39, 0.29) is 6.61 Å². The molecule has 0 spiro atoms. The number of hydrogen-bond donors (Lipinski definition) is 0. The minimum absolute atomic E-state index is 0.338. The largest absolute Gasteiger partial charge is 0.490 e. The average molecular weight is 168 g/mol. The molecule has 0 amide bonds. The molecule has 2 nitrogen and oxygen atoms in total. The molecule has 0 aliphatic carbocycles. The molecule has 0 fully saturated rings. The molecule has 0 aromatic rings. The number of alkyl halides is 3. The van der Waals surface area contributed by atoms with Crippen LogP contribution in [0.2, 0.25) is 0 Å². The molecule has 0 N–H and O–H groups in total. The molecule has 0 saturated carbocycles. The van der Waals surface area contributed by atoms with Gasteiger partial charge in [-0.05, 0) is 6.92 Å². The number of esters is 1. The summed E-state index contributed by atoms with van der Waals surface area (Å²) in [5, 5.41) is 0. The van der Waals surface area contributed by atoms with E-state index < -0.39 is 12.1 Å². The summed E-state index contributed by atoms with van der Waals surface area (Å²) in [7, 11) is 0. The molecular weight excluding hydrogens is 161 g/mol. The first kappa shape index (κ1) is 10.0. The maximum absolute atomic E-state index is 11.4. The summed E-state index contributed by atoms with van der Waals surface area (Å²) in [6.45, 7) is 1.27. The van der Waals surface area contributed by atoms with E-state index in [0.29, 0.717) is 0 Å². The van der Waals surface area contributed by atoms with E-state index in [1.165, 1.54) is 12.2 Å². The number of carbonyl (C=O) groups is 1. The first-order chi connectivity index (χ1) is 4.98. The average Bonchev–Trinajstić information content (AvgIpc) is 1.86. The van der Waals surface area contributed by atoms with Crippen LogP contribution in [-0.2, 0) is 9.53 Å². The number of halogens is 3. The lowest BCUT2D eigenvalue weighted by molar-refractivity contribution is -0.198. The second-order valence-corrected chi connectivity index (χ2v) is 1.67. The van der Waals surface area contributed by atoms with Crippen molar-refractivity contribution in [1.29, 1.82) is 0 Å². The molecule has 0 aliphatic rings. The second-order valence-electron chi connectivity index (χ2n) is 1.67. The minimum Gasteiger partial charge on any atom is -0.455 e. The molecule has 0 saturated heterocycles. The number of hydrogen-bond acceptors (Lipinski definition) is 2. The van der Waals surface area contributed by atoms with Crippen LogP contribution in [0.4, 0.5) is 13.2 Å². The third-order valence-electron chi connectivity index (χ3n) is 0.778. The van der Waals surface area contributed by atoms with Crippen LogP contribution < -0.4 is 0 Å². The molecular formula is C6H7F3O2. The zero-order valence-corrected chi connectivity index (χ0v) is 5.81. The van der Waals surface area contributed by atoms with Gasteiger partial charge >= 0.3 is 12.1 Å². The van der Waals surface area contributed by atoms with Gasteiger partial charge in [-0.2, -0.15) is 13.2 Å². The minimum atomic E-state index is -4.89. The summed E-state index contributed by atoms with van der Waals surface area (Å²) in [5.74, 6) is -2.16. The quantitative estimate of drug-likeness (QED) is 0.463. The van der Waals surface area contributed by atoms with E-state index in [0.717, 1.165) is 0 Å². The number of carbonyl (C=O) groups excluding carboxylic acids is 1. The van der Waals surface area contributed by atoms with Crippen LogP contribution in [0.5, 0.6) is 0 Å². The van der Waals surface area contributed by atoms with Crippen LogP contribution in [0.3, 0.4) is 0 Å². The summed E-state index contributed by atoms with van der Waals surface area (Å²) in [5.41, 5.74) is 0. The maximum atomic E-state index is 11.4. The Balaban J connectivity index is 3.71. The highest BCUT2D eigenvalue weighted by Crippen LogP contribution is 2.16. The van der Waals surface area contributed by atoms with Crippen LogP contribution in [0.15, 0.2) is 12.2 Å². The van der Waals surface area contributed by atoms with Crippen molar-refractivity contribution in [3.63, 3.8) is 0 Å². The maximum Gasteiger partial charge on any atom is 0.490 e. The molecule has 0 radical (unpaired) electrons. The summed E-state index contributed by atoms with van der Waals surface area (Å²) in [6, 6.07) is 0. The standard InChI is InChI=1S/C6H7F3O2/c1-2-3-4-11-5(10)6(7,8)9/h2-3H,4H2,1H3/b3-2+. The number of allylic oxidation sites excluding steroid dienone is 1. The first-order valence-corrected chi connectivity index (χ1v) is 2.83. The van der Waals surface area contributed by atoms with E-state index in [9.17, 15) is 18.0 Å². The van der Waals surface area contributed by atoms with Gasteiger partial charge in [-0.15, -0.1) is 0 Å². The molecule has 0 aromatic heterocycles. The van der Waals surface area contributed by atoms with Gasteiger partial charge in [-0.1, -0.05) is 12.2 Å². The van der Waals surface area contributed by atoms with Crippen molar-refractivity contribution in [3.05, 3.63) is 12.2 Å². The topological polar surface area (TPSA) is 26.3 Å². The van der Waals surface area contributed by atoms with Gasteiger partial charge in [-0.3, -0.25) is 0 Å². The zero-order chi connectivity index (χ0) is 8.91. The van der Waals surface area contributed by atoms with Crippen LogP contribution in [0, 0.1) is 0 Å². The SMILES string of the molecule is C/C=C/COC(=O)C(F)(F)F. The summed E-state index contributed by atoms with van der Waals surface area (Å²) >= 11 is 0. The van der Waals surface area contributed by atoms with Crippen molar-refractivity contribution in [1.82, 2.24) is 0 Å². The highest BCUT2D eigenvalue weighted by atomic mass is 19.4. The molecule has 0 aliphatic heterocycles. The lowest BCUT2D eigenvalue weighted by Gasteiger charge is -2.03. The third-order valence-corrected chi connectivity index (χ3v) is 0.778. The predicted octanol–water partition coefficient (Wildman–Crippen LogP) is 1.67. The Bertz CT molecular complexity index is 160. The Labute approximate surface area is 61.6 Å². The van der Waals surface area contributed by atoms with Crippen LogP contribution in [0.1, 0.15) is 6.92 Å². The fourth-order valence-corrected chi connectivity index (χ4v) is 0.302. The summed E-state index contributed by atoms with van der Waals surface area (Å²) in [6.07, 6.45) is -2.09. The molecule has 11 heavy (non-hydrogen) atoms. The van der Waals surface area contributed by atoms with Gasteiger partial charge < -0.3 is 4.74 Å². The Morgan fingerprint density at radius 3 is 2.45 bits per heavy atom. The van der Waals surface area contributed by atoms with Crippen molar-refractivity contribution in [2.24, 2.45) is 0 Å². The van der Waals surface area contributed by atoms with Crippen LogP contribution in [0.25, 0.3) is 0 Å². The predicted molar refractivity (Wildman–Crippen MR) is 31.8 cm³/mol. The third kappa shape index (κ3) is 4.41. The van der Waals surface area contributed by atoms with Gasteiger partial charge in [0.25, 0.3) is 0 Å². The van der Waals surface area contributed by atoms with Gasteiger partial charge in [0.1, 0.15) is 6.61 Å². The number of rotatable bonds is 2. The monoisotopic (exact) mass is 168 g/mol. The van der Waals surface area contributed by atoms with E-state index >= 15 is 0 Å². The molecule has 5 heteroatoms. The Morgan fingerprint density at radius 1 is 1.55 bits per heavy atom. The summed E-state index contributed by atoms with van der Waals surface area (Å²) in [4.78, 5) is 9.96. The Hall–Kier alpha value is -1.00. The van der Waals surface area contributed by atoms with Crippen molar-refractivity contribution >= 4 is 5.97 Å². The molecule has 0 unspecified atom stereocenters. The lowest BCUT2D eigenvalue weighted by Crippen LogP contribution is -2.25. The smallest absolute Gasteiger partial charge is 0.455 e. The van der Waals surface area contributed by atoms with E-state index in [2.05, 4.69) is 4.74 Å². The normalized spacial score (nSPS) is 12.0. The summed E-state index contributed by atoms with van der Waals surface area (Å²) < 4.78 is 37.9. The van der Waals surface area contributed by atoms with E-state index in [1.54, 1.807) is 6.92 Å².